The molecule has 114 valence electrons. The van der Waals surface area contributed by atoms with Gasteiger partial charge in [-0.3, -0.25) is 0 Å². The Morgan fingerprint density at radius 3 is 2.68 bits per heavy atom. The maximum atomic E-state index is 10.5. The second-order valence-electron chi connectivity index (χ2n) is 4.46. The predicted octanol–water partition coefficient (Wildman–Crippen LogP) is 4.03. The summed E-state index contributed by atoms with van der Waals surface area (Å²) < 4.78 is 11.0. The van der Waals surface area contributed by atoms with Gasteiger partial charge in [0.1, 0.15) is 6.61 Å². The molecule has 0 atom stereocenters. The molecule has 0 aliphatic carbocycles. The number of carboxylic acid groups (broad SMARTS) is 1. The molecule has 0 spiro atoms. The molecule has 4 nitrogen and oxygen atoms in total. The molecule has 0 saturated heterocycles. The molecular formula is C17H15ClO4. The van der Waals surface area contributed by atoms with Crippen LogP contribution in [-0.2, 0) is 11.4 Å². The fraction of sp³-hybridized carbons (Fsp3) is 0.118. The molecule has 0 bridgehead atoms. The standard InChI is InChI=1S/C17H15ClO4/c1-21-16-10-12(7-9-17(19)20)6-8-15(16)22-11-13-4-2-3-5-14(13)18/h2-10H,11H2,1H3,(H,19,20). The highest BCUT2D eigenvalue weighted by Crippen LogP contribution is 2.30. The van der Waals surface area contributed by atoms with Crippen LogP contribution < -0.4 is 9.47 Å². The van der Waals surface area contributed by atoms with Crippen LogP contribution in [0.5, 0.6) is 11.5 Å². The molecule has 0 fully saturated rings. The number of hydrogen-bond donors (Lipinski definition) is 1. The summed E-state index contributed by atoms with van der Waals surface area (Å²) in [6.07, 6.45) is 2.56. The quantitative estimate of drug-likeness (QED) is 0.817. The first-order valence-electron chi connectivity index (χ1n) is 6.55. The second kappa shape index (κ2) is 7.52. The van der Waals surface area contributed by atoms with Gasteiger partial charge in [0, 0.05) is 16.7 Å². The minimum Gasteiger partial charge on any atom is -0.493 e. The van der Waals surface area contributed by atoms with Gasteiger partial charge < -0.3 is 14.6 Å². The van der Waals surface area contributed by atoms with E-state index >= 15 is 0 Å². The molecular weight excluding hydrogens is 304 g/mol. The van der Waals surface area contributed by atoms with Gasteiger partial charge in [-0.1, -0.05) is 35.9 Å². The number of aliphatic carboxylic acids is 1. The summed E-state index contributed by atoms with van der Waals surface area (Å²) in [5.74, 6) is 0.0903. The number of methoxy groups -OCH3 is 1. The molecule has 5 heteroatoms. The highest BCUT2D eigenvalue weighted by atomic mass is 35.5. The first-order valence-corrected chi connectivity index (χ1v) is 6.93. The summed E-state index contributed by atoms with van der Waals surface area (Å²) in [5.41, 5.74) is 1.59. The minimum atomic E-state index is -1.00. The van der Waals surface area contributed by atoms with E-state index in [0.717, 1.165) is 11.6 Å². The molecule has 0 aliphatic rings. The summed E-state index contributed by atoms with van der Waals surface area (Å²) in [6, 6.07) is 12.6. The van der Waals surface area contributed by atoms with Crippen molar-refractivity contribution in [3.05, 3.63) is 64.7 Å². The fourth-order valence-electron chi connectivity index (χ4n) is 1.85. The fourth-order valence-corrected chi connectivity index (χ4v) is 2.04. The topological polar surface area (TPSA) is 55.8 Å². The van der Waals surface area contributed by atoms with Crippen molar-refractivity contribution < 1.29 is 19.4 Å². The van der Waals surface area contributed by atoms with Gasteiger partial charge in [-0.15, -0.1) is 0 Å². The molecule has 1 N–H and O–H groups in total. The summed E-state index contributed by atoms with van der Waals surface area (Å²) >= 11 is 6.08. The zero-order chi connectivity index (χ0) is 15.9. The van der Waals surface area contributed by atoms with E-state index in [1.807, 2.05) is 18.2 Å². The van der Waals surface area contributed by atoms with Crippen molar-refractivity contribution >= 4 is 23.6 Å². The Morgan fingerprint density at radius 2 is 2.00 bits per heavy atom. The van der Waals surface area contributed by atoms with Crippen LogP contribution in [0.15, 0.2) is 48.5 Å². The molecule has 0 radical (unpaired) electrons. The van der Waals surface area contributed by atoms with Gasteiger partial charge in [0.05, 0.1) is 7.11 Å². The van der Waals surface area contributed by atoms with Crippen LogP contribution in [0, 0.1) is 0 Å². The molecule has 0 amide bonds. The zero-order valence-corrected chi connectivity index (χ0v) is 12.7. The van der Waals surface area contributed by atoms with Crippen LogP contribution in [-0.4, -0.2) is 18.2 Å². The van der Waals surface area contributed by atoms with E-state index in [0.29, 0.717) is 28.7 Å². The van der Waals surface area contributed by atoms with Crippen molar-refractivity contribution in [2.45, 2.75) is 6.61 Å². The van der Waals surface area contributed by atoms with E-state index in [1.54, 1.807) is 24.3 Å². The number of carbonyl (C=O) groups is 1. The number of halogens is 1. The largest absolute Gasteiger partial charge is 0.493 e. The smallest absolute Gasteiger partial charge is 0.328 e. The SMILES string of the molecule is COc1cc(C=CC(=O)O)ccc1OCc1ccccc1Cl. The van der Waals surface area contributed by atoms with E-state index in [2.05, 4.69) is 0 Å². The minimum absolute atomic E-state index is 0.320. The normalized spacial score (nSPS) is 10.6. The number of benzene rings is 2. The number of carboxylic acids is 1. The Bertz CT molecular complexity index is 695. The number of rotatable bonds is 6. The van der Waals surface area contributed by atoms with E-state index in [4.69, 9.17) is 26.2 Å². The van der Waals surface area contributed by atoms with Gasteiger partial charge in [-0.2, -0.15) is 0 Å². The first-order chi connectivity index (χ1) is 10.6. The van der Waals surface area contributed by atoms with Gasteiger partial charge in [0.25, 0.3) is 0 Å². The highest BCUT2D eigenvalue weighted by Gasteiger charge is 2.07. The summed E-state index contributed by atoms with van der Waals surface area (Å²) in [5, 5.41) is 9.28. The van der Waals surface area contributed by atoms with Crippen molar-refractivity contribution in [2.24, 2.45) is 0 Å². The third kappa shape index (κ3) is 4.27. The van der Waals surface area contributed by atoms with Crippen molar-refractivity contribution in [3.63, 3.8) is 0 Å². The molecule has 2 aromatic rings. The van der Waals surface area contributed by atoms with Crippen LogP contribution in [0.3, 0.4) is 0 Å². The van der Waals surface area contributed by atoms with Crippen LogP contribution >= 0.6 is 11.6 Å². The van der Waals surface area contributed by atoms with Gasteiger partial charge in [-0.25, -0.2) is 4.79 Å². The first kappa shape index (κ1) is 15.9. The summed E-state index contributed by atoms with van der Waals surface area (Å²) in [4.78, 5) is 10.5. The lowest BCUT2D eigenvalue weighted by atomic mass is 10.2. The Kier molecular flexibility index (Phi) is 5.44. The number of hydrogen-bond acceptors (Lipinski definition) is 3. The lowest BCUT2D eigenvalue weighted by Gasteiger charge is -2.12. The van der Waals surface area contributed by atoms with Crippen LogP contribution in [0.1, 0.15) is 11.1 Å². The van der Waals surface area contributed by atoms with E-state index < -0.39 is 5.97 Å². The third-order valence-corrected chi connectivity index (χ3v) is 3.32. The van der Waals surface area contributed by atoms with Crippen LogP contribution in [0.25, 0.3) is 6.08 Å². The van der Waals surface area contributed by atoms with Gasteiger partial charge >= 0.3 is 5.97 Å². The Morgan fingerprint density at radius 1 is 1.23 bits per heavy atom. The van der Waals surface area contributed by atoms with E-state index in [9.17, 15) is 4.79 Å². The highest BCUT2D eigenvalue weighted by molar-refractivity contribution is 6.31. The average Bonchev–Trinajstić information content (AvgIpc) is 2.52. The maximum Gasteiger partial charge on any atom is 0.328 e. The van der Waals surface area contributed by atoms with E-state index in [-0.39, 0.29) is 0 Å². The monoisotopic (exact) mass is 318 g/mol. The van der Waals surface area contributed by atoms with E-state index in [1.165, 1.54) is 13.2 Å². The lowest BCUT2D eigenvalue weighted by Crippen LogP contribution is -1.98. The van der Waals surface area contributed by atoms with Crippen molar-refractivity contribution in [1.29, 1.82) is 0 Å². The van der Waals surface area contributed by atoms with Crippen LogP contribution in [0.4, 0.5) is 0 Å². The van der Waals surface area contributed by atoms with Crippen molar-refractivity contribution in [3.8, 4) is 11.5 Å². The Hall–Kier alpha value is -2.46. The average molecular weight is 319 g/mol. The molecule has 2 rings (SSSR count). The lowest BCUT2D eigenvalue weighted by molar-refractivity contribution is -0.131. The Balaban J connectivity index is 2.14. The predicted molar refractivity (Wildman–Crippen MR) is 85.4 cm³/mol. The van der Waals surface area contributed by atoms with Crippen LogP contribution in [0.2, 0.25) is 5.02 Å². The molecule has 0 aliphatic heterocycles. The zero-order valence-electron chi connectivity index (χ0n) is 12.0. The van der Waals surface area contributed by atoms with Gasteiger partial charge in [0.2, 0.25) is 0 Å². The van der Waals surface area contributed by atoms with Gasteiger partial charge in [-0.05, 0) is 29.8 Å². The summed E-state index contributed by atoms with van der Waals surface area (Å²) in [7, 11) is 1.53. The molecule has 0 aromatic heterocycles. The second-order valence-corrected chi connectivity index (χ2v) is 4.87. The van der Waals surface area contributed by atoms with Crippen molar-refractivity contribution in [1.82, 2.24) is 0 Å². The number of ether oxygens (including phenoxy) is 2. The van der Waals surface area contributed by atoms with Gasteiger partial charge in [0.15, 0.2) is 11.5 Å². The molecule has 22 heavy (non-hydrogen) atoms. The molecule has 0 heterocycles. The molecule has 0 unspecified atom stereocenters. The third-order valence-electron chi connectivity index (χ3n) is 2.95. The molecule has 2 aromatic carbocycles. The Labute approximate surface area is 133 Å². The maximum absolute atomic E-state index is 10.5. The summed E-state index contributed by atoms with van der Waals surface area (Å²) in [6.45, 7) is 0.320. The van der Waals surface area contributed by atoms with Crippen molar-refractivity contribution in [2.75, 3.05) is 7.11 Å². The molecule has 0 saturated carbocycles.